The summed E-state index contributed by atoms with van der Waals surface area (Å²) in [5, 5.41) is 1.02. The van der Waals surface area contributed by atoms with Gasteiger partial charge in [-0.1, -0.05) is 139 Å². The molecule has 0 N–H and O–H groups in total. The van der Waals surface area contributed by atoms with Crippen molar-refractivity contribution in [2.24, 2.45) is 0 Å². The van der Waals surface area contributed by atoms with Gasteiger partial charge < -0.3 is 4.42 Å². The Kier molecular flexibility index (Phi) is 3.53. The molecule has 0 amide bonds. The van der Waals surface area contributed by atoms with Crippen LogP contribution < -0.4 is 0 Å². The van der Waals surface area contributed by atoms with Crippen LogP contribution in [0.15, 0.2) is 168 Å². The molecule has 2 aromatic heterocycles. The zero-order valence-electron chi connectivity index (χ0n) is 41.0. The number of rotatable bonds is 5. The molecule has 0 fully saturated rings. The second kappa shape index (κ2) is 11.2. The van der Waals surface area contributed by atoms with Gasteiger partial charge in [-0.15, -0.1) is 0 Å². The molecule has 9 rings (SSSR count). The third-order valence-corrected chi connectivity index (χ3v) is 7.63. The molecule has 220 valence electrons. The lowest BCUT2D eigenvalue weighted by Gasteiger charge is -2.12. The number of nitrogens with zero attached hydrogens (tertiary/aromatic N) is 3. The van der Waals surface area contributed by atoms with Crippen molar-refractivity contribution < 1.29 is 27.7 Å². The highest BCUT2D eigenvalue weighted by Crippen LogP contribution is 2.38. The van der Waals surface area contributed by atoms with Crippen LogP contribution >= 0.6 is 0 Å². The molecule has 47 heavy (non-hydrogen) atoms. The van der Waals surface area contributed by atoms with Crippen LogP contribution in [0.4, 0.5) is 0 Å². The summed E-state index contributed by atoms with van der Waals surface area (Å²) in [7, 11) is 0. The Morgan fingerprint density at radius 3 is 1.96 bits per heavy atom. The lowest BCUT2D eigenvalue weighted by atomic mass is 9.97. The Balaban J connectivity index is 1.30. The first-order chi connectivity index (χ1) is 30.3. The van der Waals surface area contributed by atoms with Crippen LogP contribution in [-0.2, 0) is 0 Å². The fraction of sp³-hybridized carbons (Fsp3) is 0. The lowest BCUT2D eigenvalue weighted by Crippen LogP contribution is -2.00. The van der Waals surface area contributed by atoms with Gasteiger partial charge in [-0.3, -0.25) is 0 Å². The minimum absolute atomic E-state index is 0.00380. The first-order valence-electron chi connectivity index (χ1n) is 22.8. The SMILES string of the molecule is [2H]c1c([2H])c([2H])c(-c2ccc3c(-c4nc(-c5cccc(-c6c([2H])c([2H])c([2H])c7oc8c([2H])c([2H])c([2H])c([2H])c8c67)c5)nc(-c5c([2H])c([2H])c([2H])c([2H])c5[2H])n4)cccc3c2)c([2H])c1[2H]. The molecule has 0 saturated carbocycles. The standard InChI is InChI=1S/C43H27N3O/c1-3-12-28(13-4-1)30-24-25-34-31(26-30)17-10-21-36(34)43-45-41(29-14-5-2-6-15-29)44-42(46-43)33-18-9-16-32(27-33)35-20-11-23-39-40(35)37-19-7-8-22-38(37)47-39/h1-27H/i1D,2D,3D,4D,5D,6D,7D,8D,11D,12D,13D,14D,15D,19D,20D,22D,23D. The van der Waals surface area contributed by atoms with E-state index in [0.717, 1.165) is 0 Å². The maximum Gasteiger partial charge on any atom is 0.164 e. The molecular formula is C43H27N3O. The molecule has 4 nitrogen and oxygen atoms in total. The molecule has 0 atom stereocenters. The van der Waals surface area contributed by atoms with E-state index in [-0.39, 0.29) is 79.3 Å². The van der Waals surface area contributed by atoms with Crippen molar-refractivity contribution in [3.63, 3.8) is 0 Å². The quantitative estimate of drug-likeness (QED) is 0.193. The summed E-state index contributed by atoms with van der Waals surface area (Å²) in [4.78, 5) is 14.1. The first kappa shape index (κ1) is 14.8. The molecule has 0 aliphatic heterocycles. The predicted octanol–water partition coefficient (Wildman–Crippen LogP) is 11.3. The largest absolute Gasteiger partial charge is 0.456 e. The molecule has 0 spiro atoms. The van der Waals surface area contributed by atoms with Crippen LogP contribution in [0.25, 0.3) is 89.1 Å². The Labute approximate surface area is 295 Å². The average Bonchev–Trinajstić information content (AvgIpc) is 3.70. The van der Waals surface area contributed by atoms with Crippen LogP contribution in [-0.4, -0.2) is 15.0 Å². The van der Waals surface area contributed by atoms with Crippen LogP contribution in [0, 0.1) is 0 Å². The van der Waals surface area contributed by atoms with Crippen LogP contribution in [0.2, 0.25) is 0 Å². The van der Waals surface area contributed by atoms with Crippen LogP contribution in [0.3, 0.4) is 0 Å². The molecular weight excluding hydrogens is 574 g/mol. The Morgan fingerprint density at radius 2 is 1.11 bits per heavy atom. The number of para-hydroxylation sites is 1. The van der Waals surface area contributed by atoms with E-state index in [1.165, 1.54) is 0 Å². The van der Waals surface area contributed by atoms with E-state index in [1.54, 1.807) is 60.7 Å². The summed E-state index contributed by atoms with van der Waals surface area (Å²) in [5.41, 5.74) is 0.439. The summed E-state index contributed by atoms with van der Waals surface area (Å²) < 4.78 is 150. The van der Waals surface area contributed by atoms with E-state index in [1.807, 2.05) is 0 Å². The van der Waals surface area contributed by atoms with E-state index in [4.69, 9.17) is 32.7 Å². The van der Waals surface area contributed by atoms with Crippen molar-refractivity contribution in [1.29, 1.82) is 0 Å². The van der Waals surface area contributed by atoms with E-state index >= 15 is 0 Å². The summed E-state index contributed by atoms with van der Waals surface area (Å²) in [6, 6.07) is 7.42. The topological polar surface area (TPSA) is 51.8 Å². The fourth-order valence-corrected chi connectivity index (χ4v) is 5.52. The normalized spacial score (nSPS) is 16.5. The van der Waals surface area contributed by atoms with Gasteiger partial charge in [-0.25, -0.2) is 15.0 Å². The van der Waals surface area contributed by atoms with Crippen molar-refractivity contribution in [1.82, 2.24) is 15.0 Å². The zero-order chi connectivity index (χ0) is 46.0. The van der Waals surface area contributed by atoms with Gasteiger partial charge in [-0.2, -0.15) is 0 Å². The van der Waals surface area contributed by atoms with Crippen molar-refractivity contribution >= 4 is 32.7 Å². The number of furan rings is 1. The summed E-state index contributed by atoms with van der Waals surface area (Å²) in [6.07, 6.45) is 0. The number of aromatic nitrogens is 3. The van der Waals surface area contributed by atoms with Gasteiger partial charge >= 0.3 is 0 Å². The van der Waals surface area contributed by atoms with Crippen LogP contribution in [0.1, 0.15) is 23.3 Å². The molecule has 0 radical (unpaired) electrons. The van der Waals surface area contributed by atoms with Gasteiger partial charge in [0.25, 0.3) is 0 Å². The lowest BCUT2D eigenvalue weighted by molar-refractivity contribution is 0.669. The average molecular weight is 619 g/mol. The maximum absolute atomic E-state index is 9.04. The smallest absolute Gasteiger partial charge is 0.164 e. The second-order valence-electron chi connectivity index (χ2n) is 10.4. The van der Waals surface area contributed by atoms with Gasteiger partial charge in [-0.05, 0) is 57.2 Å². The van der Waals surface area contributed by atoms with Crippen molar-refractivity contribution in [2.75, 3.05) is 0 Å². The highest BCUT2D eigenvalue weighted by molar-refractivity contribution is 6.12. The zero-order valence-corrected chi connectivity index (χ0v) is 24.0. The van der Waals surface area contributed by atoms with Gasteiger partial charge in [0, 0.05) is 27.5 Å². The number of hydrogen-bond donors (Lipinski definition) is 0. The summed E-state index contributed by atoms with van der Waals surface area (Å²) >= 11 is 0. The van der Waals surface area contributed by atoms with E-state index in [9.17, 15) is 0 Å². The maximum atomic E-state index is 9.04. The molecule has 7 aromatic carbocycles. The summed E-state index contributed by atoms with van der Waals surface area (Å²) in [6.45, 7) is 0. The number of hydrogen-bond acceptors (Lipinski definition) is 4. The van der Waals surface area contributed by atoms with Gasteiger partial charge in [0.1, 0.15) is 11.2 Å². The predicted molar refractivity (Wildman–Crippen MR) is 192 cm³/mol. The molecule has 0 aliphatic rings. The second-order valence-corrected chi connectivity index (χ2v) is 10.4. The molecule has 0 saturated heterocycles. The molecule has 0 bridgehead atoms. The molecule has 0 unspecified atom stereocenters. The van der Waals surface area contributed by atoms with Gasteiger partial charge in [0.15, 0.2) is 17.5 Å². The summed E-state index contributed by atoms with van der Waals surface area (Å²) in [5.74, 6) is -0.361. The van der Waals surface area contributed by atoms with Crippen molar-refractivity contribution in [3.8, 4) is 56.4 Å². The first-order valence-corrected chi connectivity index (χ1v) is 14.3. The number of benzene rings is 7. The monoisotopic (exact) mass is 618 g/mol. The van der Waals surface area contributed by atoms with E-state index in [0.29, 0.717) is 21.9 Å². The van der Waals surface area contributed by atoms with Crippen molar-refractivity contribution in [2.45, 2.75) is 0 Å². The Hall–Kier alpha value is -6.39. The minimum Gasteiger partial charge on any atom is -0.456 e. The van der Waals surface area contributed by atoms with Crippen molar-refractivity contribution in [3.05, 3.63) is 163 Å². The van der Waals surface area contributed by atoms with Gasteiger partial charge in [0.2, 0.25) is 0 Å². The minimum atomic E-state index is -0.633. The molecule has 4 heteroatoms. The molecule has 9 aromatic rings. The molecule has 0 aliphatic carbocycles. The van der Waals surface area contributed by atoms with E-state index < -0.39 is 90.6 Å². The third kappa shape index (κ3) is 4.84. The highest BCUT2D eigenvalue weighted by Gasteiger charge is 2.17. The third-order valence-electron chi connectivity index (χ3n) is 7.63. The Morgan fingerprint density at radius 1 is 0.426 bits per heavy atom. The molecule has 2 heterocycles. The highest BCUT2D eigenvalue weighted by atomic mass is 16.3. The Bertz CT molecular complexity index is 3500. The van der Waals surface area contributed by atoms with Crippen LogP contribution in [0.5, 0.6) is 0 Å². The van der Waals surface area contributed by atoms with Gasteiger partial charge in [0.05, 0.1) is 23.3 Å². The number of fused-ring (bicyclic) bond motifs is 4. The fourth-order valence-electron chi connectivity index (χ4n) is 5.52. The van der Waals surface area contributed by atoms with E-state index in [2.05, 4.69) is 9.97 Å².